The summed E-state index contributed by atoms with van der Waals surface area (Å²) in [4.78, 5) is 4.55. The monoisotopic (exact) mass is 387 g/mol. The number of guanidine groups is 1. The van der Waals surface area contributed by atoms with E-state index < -0.39 is 5.60 Å². The molecule has 0 amide bonds. The minimum absolute atomic E-state index is 0.252. The second kappa shape index (κ2) is 10.1. The predicted molar refractivity (Wildman–Crippen MR) is 113 cm³/mol. The highest BCUT2D eigenvalue weighted by molar-refractivity contribution is 5.79. The molecular weight excluding hydrogens is 354 g/mol. The predicted octanol–water partition coefficient (Wildman–Crippen LogP) is 2.39. The molecule has 2 rings (SSSR count). The van der Waals surface area contributed by atoms with Crippen LogP contribution in [-0.2, 0) is 12.6 Å². The Labute approximate surface area is 167 Å². The Kier molecular flexibility index (Phi) is 7.87. The van der Waals surface area contributed by atoms with Crippen molar-refractivity contribution in [2.75, 3.05) is 26.7 Å². The molecule has 7 heteroatoms. The molecule has 2 unspecified atom stereocenters. The Bertz CT molecular complexity index is 752. The van der Waals surface area contributed by atoms with E-state index in [1.165, 1.54) is 5.56 Å². The quantitative estimate of drug-likeness (QED) is 0.454. The van der Waals surface area contributed by atoms with E-state index in [2.05, 4.69) is 39.8 Å². The molecule has 0 aliphatic carbocycles. The molecule has 7 nitrogen and oxygen atoms in total. The third-order valence-electron chi connectivity index (χ3n) is 4.77. The molecule has 0 saturated carbocycles. The molecule has 1 heterocycles. The van der Waals surface area contributed by atoms with Crippen molar-refractivity contribution in [2.45, 2.75) is 38.7 Å². The van der Waals surface area contributed by atoms with Crippen LogP contribution < -0.4 is 15.4 Å². The summed E-state index contributed by atoms with van der Waals surface area (Å²) in [6.45, 7) is 7.78. The van der Waals surface area contributed by atoms with Crippen LogP contribution in [0.25, 0.3) is 0 Å². The van der Waals surface area contributed by atoms with Gasteiger partial charge in [-0.1, -0.05) is 19.1 Å². The molecule has 0 saturated heterocycles. The lowest BCUT2D eigenvalue weighted by Gasteiger charge is -2.21. The Morgan fingerprint density at radius 3 is 2.61 bits per heavy atom. The van der Waals surface area contributed by atoms with Gasteiger partial charge in [0, 0.05) is 31.9 Å². The summed E-state index contributed by atoms with van der Waals surface area (Å²) in [6, 6.07) is 8.19. The van der Waals surface area contributed by atoms with Crippen molar-refractivity contribution in [3.63, 3.8) is 0 Å². The zero-order valence-electron chi connectivity index (χ0n) is 17.6. The van der Waals surface area contributed by atoms with Gasteiger partial charge in [0.15, 0.2) is 5.96 Å². The summed E-state index contributed by atoms with van der Waals surface area (Å²) < 4.78 is 6.89. The van der Waals surface area contributed by atoms with Gasteiger partial charge in [-0.25, -0.2) is 4.99 Å². The number of ether oxygens (including phenoxy) is 1. The van der Waals surface area contributed by atoms with Gasteiger partial charge in [0.05, 0.1) is 19.9 Å². The van der Waals surface area contributed by atoms with Crippen molar-refractivity contribution in [2.24, 2.45) is 12.0 Å². The summed E-state index contributed by atoms with van der Waals surface area (Å²) in [5.74, 6) is 1.99. The summed E-state index contributed by atoms with van der Waals surface area (Å²) in [7, 11) is 3.51. The maximum atomic E-state index is 10.7. The second-order valence-electron chi connectivity index (χ2n) is 7.26. The first-order chi connectivity index (χ1) is 13.4. The van der Waals surface area contributed by atoms with E-state index in [0.717, 1.165) is 30.8 Å². The van der Waals surface area contributed by atoms with E-state index in [0.29, 0.717) is 11.9 Å². The van der Waals surface area contributed by atoms with Gasteiger partial charge in [-0.2, -0.15) is 5.10 Å². The van der Waals surface area contributed by atoms with Gasteiger partial charge in [-0.3, -0.25) is 4.68 Å². The van der Waals surface area contributed by atoms with Crippen molar-refractivity contribution in [1.29, 1.82) is 0 Å². The normalized spacial score (nSPS) is 15.0. The number of aryl methyl sites for hydroxylation is 1. The van der Waals surface area contributed by atoms with Crippen molar-refractivity contribution in [3.05, 3.63) is 47.8 Å². The number of hydrogen-bond acceptors (Lipinski definition) is 4. The first-order valence-corrected chi connectivity index (χ1v) is 9.73. The highest BCUT2D eigenvalue weighted by Gasteiger charge is 2.24. The second-order valence-corrected chi connectivity index (χ2v) is 7.26. The number of aromatic nitrogens is 2. The average Bonchev–Trinajstić information content (AvgIpc) is 3.13. The molecule has 2 aromatic rings. The lowest BCUT2D eigenvalue weighted by atomic mass is 9.98. The minimum atomic E-state index is -1.06. The van der Waals surface area contributed by atoms with E-state index in [1.54, 1.807) is 24.9 Å². The van der Waals surface area contributed by atoms with Crippen LogP contribution in [0.4, 0.5) is 0 Å². The standard InChI is InChI=1S/C21H33N5O2/c1-6-22-20(24-15-21(3,27)18-13-25-26(4)14-18)23-12-11-16(2)17-7-9-19(28-5)10-8-17/h7-10,13-14,16,27H,6,11-12,15H2,1-5H3,(H2,22,23,24). The summed E-state index contributed by atoms with van der Waals surface area (Å²) in [6.07, 6.45) is 4.45. The first-order valence-electron chi connectivity index (χ1n) is 9.73. The van der Waals surface area contributed by atoms with E-state index in [9.17, 15) is 5.11 Å². The van der Waals surface area contributed by atoms with Gasteiger partial charge in [0.25, 0.3) is 0 Å². The van der Waals surface area contributed by atoms with E-state index in [4.69, 9.17) is 4.74 Å². The maximum absolute atomic E-state index is 10.7. The SMILES string of the molecule is CCNC(=NCC(C)(O)c1cnn(C)c1)NCCC(C)c1ccc(OC)cc1. The van der Waals surface area contributed by atoms with Crippen LogP contribution >= 0.6 is 0 Å². The van der Waals surface area contributed by atoms with Gasteiger partial charge in [-0.05, 0) is 43.9 Å². The fourth-order valence-corrected chi connectivity index (χ4v) is 2.87. The number of hydrogen-bond donors (Lipinski definition) is 3. The average molecular weight is 388 g/mol. The molecule has 1 aromatic heterocycles. The van der Waals surface area contributed by atoms with Crippen LogP contribution in [0.5, 0.6) is 5.75 Å². The fraction of sp³-hybridized carbons (Fsp3) is 0.524. The largest absolute Gasteiger partial charge is 0.497 e. The maximum Gasteiger partial charge on any atom is 0.191 e. The molecule has 0 bridgehead atoms. The summed E-state index contributed by atoms with van der Waals surface area (Å²) >= 11 is 0. The van der Waals surface area contributed by atoms with Crippen molar-refractivity contribution < 1.29 is 9.84 Å². The zero-order chi connectivity index (χ0) is 20.6. The molecule has 0 spiro atoms. The highest BCUT2D eigenvalue weighted by atomic mass is 16.5. The molecule has 2 atom stereocenters. The highest BCUT2D eigenvalue weighted by Crippen LogP contribution is 2.22. The lowest BCUT2D eigenvalue weighted by Crippen LogP contribution is -2.39. The third kappa shape index (κ3) is 6.27. The Hall–Kier alpha value is -2.54. The first kappa shape index (κ1) is 21.8. The summed E-state index contributed by atoms with van der Waals surface area (Å²) in [5, 5.41) is 21.4. The molecule has 0 aliphatic rings. The van der Waals surface area contributed by atoms with Crippen LogP contribution in [0.2, 0.25) is 0 Å². The fourth-order valence-electron chi connectivity index (χ4n) is 2.87. The Morgan fingerprint density at radius 1 is 1.32 bits per heavy atom. The van der Waals surface area contributed by atoms with Crippen molar-refractivity contribution >= 4 is 5.96 Å². The number of nitrogens with one attached hydrogen (secondary N) is 2. The van der Waals surface area contributed by atoms with E-state index >= 15 is 0 Å². The zero-order valence-corrected chi connectivity index (χ0v) is 17.6. The Morgan fingerprint density at radius 2 is 2.04 bits per heavy atom. The number of rotatable bonds is 9. The van der Waals surface area contributed by atoms with Crippen LogP contribution in [0.1, 0.15) is 44.2 Å². The van der Waals surface area contributed by atoms with E-state index in [-0.39, 0.29) is 6.54 Å². The third-order valence-corrected chi connectivity index (χ3v) is 4.77. The van der Waals surface area contributed by atoms with Crippen molar-refractivity contribution in [1.82, 2.24) is 20.4 Å². The van der Waals surface area contributed by atoms with Crippen LogP contribution in [-0.4, -0.2) is 47.6 Å². The molecule has 3 N–H and O–H groups in total. The van der Waals surface area contributed by atoms with Gasteiger partial charge in [0.1, 0.15) is 11.4 Å². The summed E-state index contributed by atoms with van der Waals surface area (Å²) in [5.41, 5.74) is 0.972. The molecule has 1 aromatic carbocycles. The van der Waals surface area contributed by atoms with Gasteiger partial charge in [0.2, 0.25) is 0 Å². The molecule has 0 radical (unpaired) electrons. The topological polar surface area (TPSA) is 83.7 Å². The lowest BCUT2D eigenvalue weighted by molar-refractivity contribution is 0.0672. The van der Waals surface area contributed by atoms with Crippen LogP contribution in [0, 0.1) is 0 Å². The van der Waals surface area contributed by atoms with Gasteiger partial charge in [-0.15, -0.1) is 0 Å². The molecule has 0 aliphatic heterocycles. The molecule has 154 valence electrons. The van der Waals surface area contributed by atoms with Gasteiger partial charge < -0.3 is 20.5 Å². The van der Waals surface area contributed by atoms with E-state index in [1.807, 2.05) is 32.3 Å². The number of aliphatic hydroxyl groups is 1. The number of methoxy groups -OCH3 is 1. The number of aliphatic imine (C=N–C) groups is 1. The van der Waals surface area contributed by atoms with Crippen LogP contribution in [0.3, 0.4) is 0 Å². The minimum Gasteiger partial charge on any atom is -0.497 e. The van der Waals surface area contributed by atoms with Gasteiger partial charge >= 0.3 is 0 Å². The molecule has 0 fully saturated rings. The van der Waals surface area contributed by atoms with Crippen molar-refractivity contribution in [3.8, 4) is 5.75 Å². The number of nitrogens with zero attached hydrogens (tertiary/aromatic N) is 3. The Balaban J connectivity index is 1.89. The number of benzene rings is 1. The smallest absolute Gasteiger partial charge is 0.191 e. The van der Waals surface area contributed by atoms with Crippen LogP contribution in [0.15, 0.2) is 41.7 Å². The molecular formula is C21H33N5O2. The molecule has 28 heavy (non-hydrogen) atoms.